The molecule has 2 rings (SSSR count). The van der Waals surface area contributed by atoms with Crippen molar-refractivity contribution in [3.8, 4) is 0 Å². The van der Waals surface area contributed by atoms with Crippen LogP contribution in [0.2, 0.25) is 0 Å². The minimum absolute atomic E-state index is 0.0250. The number of rotatable bonds is 3. The van der Waals surface area contributed by atoms with Gasteiger partial charge in [-0.2, -0.15) is 13.2 Å². The second-order valence-corrected chi connectivity index (χ2v) is 6.70. The van der Waals surface area contributed by atoms with E-state index >= 15 is 0 Å². The van der Waals surface area contributed by atoms with Crippen molar-refractivity contribution in [1.29, 1.82) is 0 Å². The lowest BCUT2D eigenvalue weighted by molar-refractivity contribution is -0.175. The molecular formula is C15H16BrF3N2O2. The lowest BCUT2D eigenvalue weighted by Crippen LogP contribution is -2.50. The molecule has 1 fully saturated rings. The summed E-state index contributed by atoms with van der Waals surface area (Å²) >= 11 is 3.42. The van der Waals surface area contributed by atoms with E-state index in [2.05, 4.69) is 15.9 Å². The van der Waals surface area contributed by atoms with E-state index in [1.54, 1.807) is 0 Å². The number of carbonyl (C=O) groups excluding carboxylic acids is 2. The summed E-state index contributed by atoms with van der Waals surface area (Å²) in [5, 5.41) is 1.81. The number of likely N-dealkylation sites (tertiary alicyclic amines) is 1. The Hall–Kier alpha value is -1.57. The first-order valence-electron chi connectivity index (χ1n) is 7.12. The molecule has 4 nitrogen and oxygen atoms in total. The molecule has 0 saturated carbocycles. The van der Waals surface area contributed by atoms with Gasteiger partial charge in [0.05, 0.1) is 0 Å². The van der Waals surface area contributed by atoms with Gasteiger partial charge in [0.25, 0.3) is 0 Å². The average molecular weight is 393 g/mol. The first kappa shape index (κ1) is 17.8. The molecule has 2 amide bonds. The summed E-state index contributed by atoms with van der Waals surface area (Å²) in [5.74, 6) is -2.57. The lowest BCUT2D eigenvalue weighted by Gasteiger charge is -2.26. The van der Waals surface area contributed by atoms with E-state index in [1.807, 2.05) is 35.6 Å². The van der Waals surface area contributed by atoms with Crippen LogP contribution in [0, 0.1) is 0 Å². The molecule has 1 aromatic carbocycles. The van der Waals surface area contributed by atoms with Gasteiger partial charge in [-0.1, -0.05) is 46.3 Å². The Bertz CT molecular complexity index is 566. The number of alkyl halides is 4. The molecular weight excluding hydrogens is 377 g/mol. The number of nitrogens with zero attached hydrogens (tertiary/aromatic N) is 1. The molecule has 1 aliphatic rings. The third-order valence-electron chi connectivity index (χ3n) is 3.58. The number of hydrogen-bond donors (Lipinski definition) is 1. The maximum atomic E-state index is 12.5. The Morgan fingerprint density at radius 3 is 2.52 bits per heavy atom. The number of benzene rings is 1. The van der Waals surface area contributed by atoms with Crippen molar-refractivity contribution in [2.24, 2.45) is 0 Å². The van der Waals surface area contributed by atoms with E-state index in [4.69, 9.17) is 0 Å². The van der Waals surface area contributed by atoms with E-state index in [0.717, 1.165) is 5.56 Å². The lowest BCUT2D eigenvalue weighted by atomic mass is 10.1. The van der Waals surface area contributed by atoms with Crippen molar-refractivity contribution < 1.29 is 22.8 Å². The van der Waals surface area contributed by atoms with E-state index in [0.29, 0.717) is 19.5 Å². The topological polar surface area (TPSA) is 49.4 Å². The highest BCUT2D eigenvalue weighted by Gasteiger charge is 2.42. The van der Waals surface area contributed by atoms with Crippen molar-refractivity contribution in [3.05, 3.63) is 35.9 Å². The number of nitrogens with one attached hydrogen (secondary N) is 1. The predicted octanol–water partition coefficient (Wildman–Crippen LogP) is 2.62. The van der Waals surface area contributed by atoms with Gasteiger partial charge < -0.3 is 10.2 Å². The summed E-state index contributed by atoms with van der Waals surface area (Å²) < 4.78 is 37.2. The third kappa shape index (κ3) is 4.95. The van der Waals surface area contributed by atoms with Crippen molar-refractivity contribution >= 4 is 27.7 Å². The average Bonchev–Trinajstić information content (AvgIpc) is 2.61. The van der Waals surface area contributed by atoms with E-state index < -0.39 is 24.0 Å². The maximum Gasteiger partial charge on any atom is 0.471 e. The zero-order chi connectivity index (χ0) is 17.0. The predicted molar refractivity (Wildman–Crippen MR) is 81.8 cm³/mol. The fourth-order valence-electron chi connectivity index (χ4n) is 2.43. The van der Waals surface area contributed by atoms with Crippen LogP contribution in [0.1, 0.15) is 18.4 Å². The Morgan fingerprint density at radius 2 is 1.91 bits per heavy atom. The SMILES string of the molecule is O=C1[C@@H](NC(=O)C(F)(F)F)CC[C@@H](Br)CN1Cc1ccccc1. The Morgan fingerprint density at radius 1 is 1.26 bits per heavy atom. The molecule has 0 aliphatic carbocycles. The molecule has 1 heterocycles. The van der Waals surface area contributed by atoms with E-state index in [9.17, 15) is 22.8 Å². The van der Waals surface area contributed by atoms with Crippen LogP contribution < -0.4 is 5.32 Å². The van der Waals surface area contributed by atoms with Crippen molar-refractivity contribution in [3.63, 3.8) is 0 Å². The molecule has 23 heavy (non-hydrogen) atoms. The van der Waals surface area contributed by atoms with Crippen LogP contribution in [0.4, 0.5) is 13.2 Å². The van der Waals surface area contributed by atoms with E-state index in [-0.39, 0.29) is 11.2 Å². The molecule has 0 aromatic heterocycles. The zero-order valence-corrected chi connectivity index (χ0v) is 13.7. The normalized spacial score (nSPS) is 22.6. The van der Waals surface area contributed by atoms with Crippen LogP contribution in [0.15, 0.2) is 30.3 Å². The van der Waals surface area contributed by atoms with Crippen LogP contribution in [-0.4, -0.2) is 40.3 Å². The first-order chi connectivity index (χ1) is 10.8. The quantitative estimate of drug-likeness (QED) is 0.803. The van der Waals surface area contributed by atoms with Gasteiger partial charge in [0.15, 0.2) is 0 Å². The van der Waals surface area contributed by atoms with Crippen LogP contribution in [-0.2, 0) is 16.1 Å². The highest BCUT2D eigenvalue weighted by atomic mass is 79.9. The van der Waals surface area contributed by atoms with Crippen molar-refractivity contribution in [1.82, 2.24) is 10.2 Å². The number of amides is 2. The molecule has 2 atom stereocenters. The smallest absolute Gasteiger partial charge is 0.336 e. The molecule has 1 saturated heterocycles. The molecule has 1 aromatic rings. The van der Waals surface area contributed by atoms with Crippen molar-refractivity contribution in [2.75, 3.05) is 6.54 Å². The zero-order valence-electron chi connectivity index (χ0n) is 12.1. The van der Waals surface area contributed by atoms with Crippen LogP contribution in [0.5, 0.6) is 0 Å². The summed E-state index contributed by atoms with van der Waals surface area (Å²) in [6.45, 7) is 0.673. The van der Waals surface area contributed by atoms with Gasteiger partial charge >= 0.3 is 12.1 Å². The summed E-state index contributed by atoms with van der Waals surface area (Å²) in [5.41, 5.74) is 0.878. The van der Waals surface area contributed by atoms with Gasteiger partial charge in [0.2, 0.25) is 5.91 Å². The highest BCUT2D eigenvalue weighted by Crippen LogP contribution is 2.22. The number of hydrogen-bond acceptors (Lipinski definition) is 2. The summed E-state index contributed by atoms with van der Waals surface area (Å²) in [6.07, 6.45) is -4.33. The molecule has 0 unspecified atom stereocenters. The number of halogens is 4. The fourth-order valence-corrected chi connectivity index (χ4v) is 3.05. The van der Waals surface area contributed by atoms with E-state index in [1.165, 1.54) is 4.90 Å². The minimum Gasteiger partial charge on any atom is -0.336 e. The van der Waals surface area contributed by atoms with Gasteiger partial charge in [-0.15, -0.1) is 0 Å². The van der Waals surface area contributed by atoms with Gasteiger partial charge in [-0.05, 0) is 18.4 Å². The second-order valence-electron chi connectivity index (χ2n) is 5.40. The largest absolute Gasteiger partial charge is 0.471 e. The molecule has 0 spiro atoms. The first-order valence-corrected chi connectivity index (χ1v) is 8.03. The molecule has 8 heteroatoms. The van der Waals surface area contributed by atoms with Gasteiger partial charge in [0.1, 0.15) is 6.04 Å². The highest BCUT2D eigenvalue weighted by molar-refractivity contribution is 9.09. The Labute approximate surface area is 140 Å². The molecule has 1 aliphatic heterocycles. The van der Waals surface area contributed by atoms with Crippen LogP contribution >= 0.6 is 15.9 Å². The standard InChI is InChI=1S/C15H16BrF3N2O2/c16-11-6-7-12(20-14(23)15(17,18)19)13(22)21(9-11)8-10-4-2-1-3-5-10/h1-5,11-12H,6-9H2,(H,20,23)/t11-,12+/m1/s1. The summed E-state index contributed by atoms with van der Waals surface area (Å²) in [4.78, 5) is 25.0. The summed E-state index contributed by atoms with van der Waals surface area (Å²) in [7, 11) is 0. The van der Waals surface area contributed by atoms with Crippen LogP contribution in [0.3, 0.4) is 0 Å². The minimum atomic E-state index is -5.00. The Kier molecular flexibility index (Phi) is 5.67. The van der Waals surface area contributed by atoms with Crippen molar-refractivity contribution in [2.45, 2.75) is 36.4 Å². The molecule has 1 N–H and O–H groups in total. The van der Waals surface area contributed by atoms with Gasteiger partial charge in [-0.3, -0.25) is 9.59 Å². The van der Waals surface area contributed by atoms with Gasteiger partial charge in [-0.25, -0.2) is 0 Å². The molecule has 0 bridgehead atoms. The third-order valence-corrected chi connectivity index (χ3v) is 4.32. The number of carbonyl (C=O) groups is 2. The van der Waals surface area contributed by atoms with Crippen LogP contribution in [0.25, 0.3) is 0 Å². The monoisotopic (exact) mass is 392 g/mol. The fraction of sp³-hybridized carbons (Fsp3) is 0.467. The summed E-state index contributed by atoms with van der Waals surface area (Å²) in [6, 6.07) is 8.01. The second kappa shape index (κ2) is 7.33. The molecule has 0 radical (unpaired) electrons. The Balaban J connectivity index is 2.12. The maximum absolute atomic E-state index is 12.5. The molecule has 126 valence electrons. The van der Waals surface area contributed by atoms with Gasteiger partial charge in [0, 0.05) is 17.9 Å².